The van der Waals surface area contributed by atoms with E-state index in [4.69, 9.17) is 9.47 Å². The van der Waals surface area contributed by atoms with Gasteiger partial charge in [-0.1, -0.05) is 18.2 Å². The Hall–Kier alpha value is -3.67. The van der Waals surface area contributed by atoms with Crippen LogP contribution in [0.3, 0.4) is 0 Å². The Morgan fingerprint density at radius 3 is 2.39 bits per heavy atom. The Kier molecular flexibility index (Phi) is 6.01. The van der Waals surface area contributed by atoms with Gasteiger partial charge in [0.25, 0.3) is 0 Å². The second-order valence-corrected chi connectivity index (χ2v) is 5.91. The molecule has 28 heavy (non-hydrogen) atoms. The number of hydrazone groups is 1. The summed E-state index contributed by atoms with van der Waals surface area (Å²) in [6.45, 7) is 0. The van der Waals surface area contributed by atoms with Crippen molar-refractivity contribution < 1.29 is 18.7 Å². The van der Waals surface area contributed by atoms with Crippen LogP contribution in [0.15, 0.2) is 77.9 Å². The van der Waals surface area contributed by atoms with Gasteiger partial charge in [0.1, 0.15) is 5.82 Å². The van der Waals surface area contributed by atoms with Gasteiger partial charge in [0, 0.05) is 7.05 Å². The van der Waals surface area contributed by atoms with Gasteiger partial charge < -0.3 is 9.47 Å². The lowest BCUT2D eigenvalue weighted by molar-refractivity contribution is 0.0729. The SMILES string of the molecule is COc1cc(/C=N\N(C)c2ccccc2)ccc1OC(=O)c1ccc(F)cc1. The van der Waals surface area contributed by atoms with Crippen LogP contribution in [-0.2, 0) is 0 Å². The van der Waals surface area contributed by atoms with Gasteiger partial charge >= 0.3 is 5.97 Å². The monoisotopic (exact) mass is 378 g/mol. The van der Waals surface area contributed by atoms with Gasteiger partial charge in [0.2, 0.25) is 0 Å². The largest absolute Gasteiger partial charge is 0.493 e. The molecule has 0 bridgehead atoms. The highest BCUT2D eigenvalue weighted by Gasteiger charge is 2.13. The Morgan fingerprint density at radius 2 is 1.71 bits per heavy atom. The fourth-order valence-electron chi connectivity index (χ4n) is 2.46. The quantitative estimate of drug-likeness (QED) is 0.274. The zero-order valence-corrected chi connectivity index (χ0v) is 15.5. The van der Waals surface area contributed by atoms with Gasteiger partial charge in [-0.25, -0.2) is 9.18 Å². The maximum Gasteiger partial charge on any atom is 0.343 e. The first-order valence-electron chi connectivity index (χ1n) is 8.55. The first-order valence-corrected chi connectivity index (χ1v) is 8.55. The summed E-state index contributed by atoms with van der Waals surface area (Å²) in [7, 11) is 3.34. The number of rotatable bonds is 6. The average Bonchev–Trinajstić information content (AvgIpc) is 2.73. The molecule has 0 saturated heterocycles. The molecule has 6 heteroatoms. The number of anilines is 1. The number of benzene rings is 3. The summed E-state index contributed by atoms with van der Waals surface area (Å²) in [5.74, 6) is -0.353. The number of para-hydroxylation sites is 1. The van der Waals surface area contributed by atoms with Crippen molar-refractivity contribution in [3.8, 4) is 11.5 Å². The van der Waals surface area contributed by atoms with E-state index in [1.54, 1.807) is 29.4 Å². The van der Waals surface area contributed by atoms with Crippen molar-refractivity contribution >= 4 is 17.9 Å². The third-order valence-corrected chi connectivity index (χ3v) is 3.98. The molecule has 5 nitrogen and oxygen atoms in total. The number of carbonyl (C=O) groups is 1. The summed E-state index contributed by atoms with van der Waals surface area (Å²) in [5.41, 5.74) is 1.98. The molecule has 0 aliphatic carbocycles. The summed E-state index contributed by atoms with van der Waals surface area (Å²) in [6, 6.07) is 20.0. The molecule has 0 fully saturated rings. The van der Waals surface area contributed by atoms with Crippen molar-refractivity contribution in [1.82, 2.24) is 0 Å². The second-order valence-electron chi connectivity index (χ2n) is 5.91. The maximum atomic E-state index is 13.0. The first kappa shape index (κ1) is 19.1. The molecule has 142 valence electrons. The van der Waals surface area contributed by atoms with E-state index in [0.717, 1.165) is 11.3 Å². The average molecular weight is 378 g/mol. The van der Waals surface area contributed by atoms with Crippen LogP contribution < -0.4 is 14.5 Å². The number of halogens is 1. The molecule has 3 aromatic carbocycles. The van der Waals surface area contributed by atoms with Crippen LogP contribution >= 0.6 is 0 Å². The predicted octanol–water partition coefficient (Wildman–Crippen LogP) is 4.52. The lowest BCUT2D eigenvalue weighted by Gasteiger charge is -2.13. The van der Waals surface area contributed by atoms with Crippen LogP contribution in [0.5, 0.6) is 11.5 Å². The minimum Gasteiger partial charge on any atom is -0.493 e. The highest BCUT2D eigenvalue weighted by molar-refractivity contribution is 5.91. The summed E-state index contributed by atoms with van der Waals surface area (Å²) in [6.07, 6.45) is 1.68. The van der Waals surface area contributed by atoms with Crippen LogP contribution in [0.2, 0.25) is 0 Å². The molecule has 0 saturated carbocycles. The minimum atomic E-state index is -0.594. The van der Waals surface area contributed by atoms with E-state index < -0.39 is 11.8 Å². The maximum absolute atomic E-state index is 13.0. The molecule has 0 spiro atoms. The van der Waals surface area contributed by atoms with E-state index >= 15 is 0 Å². The molecule has 0 N–H and O–H groups in total. The van der Waals surface area contributed by atoms with E-state index in [1.807, 2.05) is 37.4 Å². The van der Waals surface area contributed by atoms with E-state index in [-0.39, 0.29) is 11.3 Å². The fourth-order valence-corrected chi connectivity index (χ4v) is 2.46. The lowest BCUT2D eigenvalue weighted by Crippen LogP contribution is -2.10. The molecule has 0 unspecified atom stereocenters. The molecule has 3 rings (SSSR count). The van der Waals surface area contributed by atoms with E-state index in [2.05, 4.69) is 5.10 Å². The number of nitrogens with zero attached hydrogens (tertiary/aromatic N) is 2. The van der Waals surface area contributed by atoms with E-state index in [9.17, 15) is 9.18 Å². The Balaban J connectivity index is 1.74. The highest BCUT2D eigenvalue weighted by atomic mass is 19.1. The van der Waals surface area contributed by atoms with Gasteiger partial charge in [-0.2, -0.15) is 5.10 Å². The molecule has 0 amide bonds. The van der Waals surface area contributed by atoms with Crippen molar-refractivity contribution in [1.29, 1.82) is 0 Å². The van der Waals surface area contributed by atoms with Gasteiger partial charge in [-0.15, -0.1) is 0 Å². The van der Waals surface area contributed by atoms with E-state index in [1.165, 1.54) is 31.4 Å². The molecule has 0 atom stereocenters. The van der Waals surface area contributed by atoms with Crippen LogP contribution in [0.1, 0.15) is 15.9 Å². The molecule has 0 radical (unpaired) electrons. The van der Waals surface area contributed by atoms with Crippen LogP contribution in [0.4, 0.5) is 10.1 Å². The summed E-state index contributed by atoms with van der Waals surface area (Å²) in [5, 5.41) is 6.14. The molecule has 0 heterocycles. The Morgan fingerprint density at radius 1 is 1.00 bits per heavy atom. The third-order valence-electron chi connectivity index (χ3n) is 3.98. The fraction of sp³-hybridized carbons (Fsp3) is 0.0909. The van der Waals surface area contributed by atoms with Crippen molar-refractivity contribution in [2.45, 2.75) is 0 Å². The summed E-state index contributed by atoms with van der Waals surface area (Å²) < 4.78 is 23.7. The van der Waals surface area contributed by atoms with Gasteiger partial charge in [0.15, 0.2) is 11.5 Å². The van der Waals surface area contributed by atoms with Crippen LogP contribution in [0, 0.1) is 5.82 Å². The molecule has 3 aromatic rings. The molecule has 0 aliphatic rings. The molecule has 0 aliphatic heterocycles. The van der Waals surface area contributed by atoms with Crippen molar-refractivity contribution in [2.24, 2.45) is 5.10 Å². The van der Waals surface area contributed by atoms with Crippen molar-refractivity contribution in [2.75, 3.05) is 19.2 Å². The predicted molar refractivity (Wildman–Crippen MR) is 107 cm³/mol. The Labute approximate surface area is 162 Å². The van der Waals surface area contributed by atoms with Gasteiger partial charge in [-0.3, -0.25) is 5.01 Å². The van der Waals surface area contributed by atoms with Gasteiger partial charge in [0.05, 0.1) is 24.6 Å². The number of hydrogen-bond acceptors (Lipinski definition) is 5. The normalized spacial score (nSPS) is 10.7. The number of methoxy groups -OCH3 is 1. The number of esters is 1. The number of ether oxygens (including phenoxy) is 2. The minimum absolute atomic E-state index is 0.249. The first-order chi connectivity index (χ1) is 13.6. The zero-order chi connectivity index (χ0) is 19.9. The van der Waals surface area contributed by atoms with Crippen molar-refractivity contribution in [3.63, 3.8) is 0 Å². The standard InChI is InChI=1S/C22H19FN2O3/c1-25(19-6-4-3-5-7-19)24-15-16-8-13-20(21(14-16)27-2)28-22(26)17-9-11-18(23)12-10-17/h3-15H,1-2H3/b24-15-. The third kappa shape index (κ3) is 4.73. The lowest BCUT2D eigenvalue weighted by atomic mass is 10.2. The zero-order valence-electron chi connectivity index (χ0n) is 15.5. The van der Waals surface area contributed by atoms with Crippen molar-refractivity contribution in [3.05, 3.63) is 89.7 Å². The summed E-state index contributed by atoms with van der Waals surface area (Å²) >= 11 is 0. The molecule has 0 aromatic heterocycles. The van der Waals surface area contributed by atoms with Gasteiger partial charge in [-0.05, 0) is 60.2 Å². The smallest absolute Gasteiger partial charge is 0.343 e. The van der Waals surface area contributed by atoms with Crippen LogP contribution in [-0.4, -0.2) is 26.3 Å². The van der Waals surface area contributed by atoms with E-state index in [0.29, 0.717) is 5.75 Å². The molecular weight excluding hydrogens is 359 g/mol. The second kappa shape index (κ2) is 8.81. The number of hydrogen-bond donors (Lipinski definition) is 0. The topological polar surface area (TPSA) is 51.1 Å². The summed E-state index contributed by atoms with van der Waals surface area (Å²) in [4.78, 5) is 12.2. The van der Waals surface area contributed by atoms with Crippen LogP contribution in [0.25, 0.3) is 0 Å². The molecular formula is C22H19FN2O3. The Bertz CT molecular complexity index is 973. The number of carbonyl (C=O) groups excluding carboxylic acids is 1. The highest BCUT2D eigenvalue weighted by Crippen LogP contribution is 2.28.